The second kappa shape index (κ2) is 5.91. The smallest absolute Gasteiger partial charge is 0.134 e. The van der Waals surface area contributed by atoms with Gasteiger partial charge in [0.05, 0.1) is 12.3 Å². The minimum atomic E-state index is -0.924. The van der Waals surface area contributed by atoms with Gasteiger partial charge in [0.2, 0.25) is 0 Å². The molecule has 3 rings (SSSR count). The summed E-state index contributed by atoms with van der Waals surface area (Å²) in [4.78, 5) is 1.93. The summed E-state index contributed by atoms with van der Waals surface area (Å²) >= 11 is 0. The predicted molar refractivity (Wildman–Crippen MR) is 71.3 cm³/mol. The molecule has 1 fully saturated rings. The topological polar surface area (TPSA) is 28.4 Å². The Morgan fingerprint density at radius 1 is 1.10 bits per heavy atom. The largest absolute Gasteiger partial charge is 0.467 e. The molecule has 1 aliphatic rings. The van der Waals surface area contributed by atoms with Crippen molar-refractivity contribution in [3.8, 4) is 0 Å². The highest BCUT2D eigenvalue weighted by atomic mass is 19.1. The molecule has 112 valence electrons. The summed E-state index contributed by atoms with van der Waals surface area (Å²) in [7, 11) is 0. The van der Waals surface area contributed by atoms with Gasteiger partial charge in [0, 0.05) is 43.9 Å². The highest BCUT2D eigenvalue weighted by Gasteiger charge is 2.31. The lowest BCUT2D eigenvalue weighted by Crippen LogP contribution is -2.45. The Kier molecular flexibility index (Phi) is 3.98. The number of piperazine rings is 1. The van der Waals surface area contributed by atoms with Crippen LogP contribution < -0.4 is 5.32 Å². The maximum absolute atomic E-state index is 14.1. The van der Waals surface area contributed by atoms with E-state index in [1.165, 1.54) is 6.26 Å². The lowest BCUT2D eigenvalue weighted by atomic mass is 10.0. The normalized spacial score (nSPS) is 17.9. The molecule has 1 atom stereocenters. The van der Waals surface area contributed by atoms with Gasteiger partial charge in [-0.2, -0.15) is 0 Å². The molecule has 1 N–H and O–H groups in total. The average Bonchev–Trinajstić information content (AvgIpc) is 2.97. The van der Waals surface area contributed by atoms with E-state index in [0.717, 1.165) is 13.1 Å². The molecule has 0 radical (unpaired) electrons. The molecule has 1 aromatic carbocycles. The van der Waals surface area contributed by atoms with Crippen LogP contribution in [0.25, 0.3) is 0 Å². The number of rotatable bonds is 3. The van der Waals surface area contributed by atoms with Gasteiger partial charge in [-0.3, -0.25) is 4.90 Å². The molecule has 0 unspecified atom stereocenters. The highest BCUT2D eigenvalue weighted by molar-refractivity contribution is 5.30. The first-order chi connectivity index (χ1) is 10.2. The molecule has 21 heavy (non-hydrogen) atoms. The summed E-state index contributed by atoms with van der Waals surface area (Å²) in [5, 5.41) is 3.18. The van der Waals surface area contributed by atoms with Crippen molar-refractivity contribution in [1.82, 2.24) is 10.2 Å². The maximum Gasteiger partial charge on any atom is 0.134 e. The van der Waals surface area contributed by atoms with Crippen LogP contribution in [0.1, 0.15) is 17.4 Å². The van der Waals surface area contributed by atoms with Crippen LogP contribution in [-0.2, 0) is 0 Å². The van der Waals surface area contributed by atoms with E-state index in [0.29, 0.717) is 31.0 Å². The van der Waals surface area contributed by atoms with Crippen molar-refractivity contribution in [2.45, 2.75) is 6.04 Å². The molecule has 0 spiro atoms. The van der Waals surface area contributed by atoms with Crippen LogP contribution in [0.4, 0.5) is 13.2 Å². The Labute approximate surface area is 120 Å². The van der Waals surface area contributed by atoms with E-state index in [9.17, 15) is 13.2 Å². The van der Waals surface area contributed by atoms with Gasteiger partial charge in [0.25, 0.3) is 0 Å². The average molecular weight is 296 g/mol. The van der Waals surface area contributed by atoms with Gasteiger partial charge in [0.15, 0.2) is 0 Å². The van der Waals surface area contributed by atoms with E-state index >= 15 is 0 Å². The van der Waals surface area contributed by atoms with E-state index in [1.54, 1.807) is 12.1 Å². The van der Waals surface area contributed by atoms with Crippen molar-refractivity contribution in [3.05, 3.63) is 59.3 Å². The van der Waals surface area contributed by atoms with E-state index in [1.807, 2.05) is 4.90 Å². The SMILES string of the molecule is Fc1cc(F)c([C@@H](c2ccco2)N2CCNCC2)c(F)c1. The molecule has 0 bridgehead atoms. The first-order valence-electron chi connectivity index (χ1n) is 6.79. The fourth-order valence-corrected chi connectivity index (χ4v) is 2.71. The number of halogens is 3. The second-order valence-electron chi connectivity index (χ2n) is 4.99. The fraction of sp³-hybridized carbons (Fsp3) is 0.333. The first-order valence-corrected chi connectivity index (χ1v) is 6.79. The van der Waals surface area contributed by atoms with Gasteiger partial charge >= 0.3 is 0 Å². The van der Waals surface area contributed by atoms with Crippen molar-refractivity contribution < 1.29 is 17.6 Å². The minimum absolute atomic E-state index is 0.173. The lowest BCUT2D eigenvalue weighted by molar-refractivity contribution is 0.173. The molecule has 0 aliphatic carbocycles. The van der Waals surface area contributed by atoms with Crippen molar-refractivity contribution in [1.29, 1.82) is 0 Å². The van der Waals surface area contributed by atoms with E-state index in [4.69, 9.17) is 4.42 Å². The molecule has 0 amide bonds. The van der Waals surface area contributed by atoms with Crippen molar-refractivity contribution in [3.63, 3.8) is 0 Å². The number of hydrogen-bond acceptors (Lipinski definition) is 3. The fourth-order valence-electron chi connectivity index (χ4n) is 2.71. The number of nitrogens with zero attached hydrogens (tertiary/aromatic N) is 1. The van der Waals surface area contributed by atoms with Gasteiger partial charge in [-0.15, -0.1) is 0 Å². The third-order valence-corrected chi connectivity index (χ3v) is 3.65. The van der Waals surface area contributed by atoms with Crippen LogP contribution in [-0.4, -0.2) is 31.1 Å². The molecule has 3 nitrogen and oxygen atoms in total. The van der Waals surface area contributed by atoms with E-state index in [-0.39, 0.29) is 5.56 Å². The lowest BCUT2D eigenvalue weighted by Gasteiger charge is -2.34. The van der Waals surface area contributed by atoms with Crippen LogP contribution in [0, 0.1) is 17.5 Å². The zero-order chi connectivity index (χ0) is 14.8. The number of furan rings is 1. The quantitative estimate of drug-likeness (QED) is 0.944. The van der Waals surface area contributed by atoms with E-state index < -0.39 is 23.5 Å². The minimum Gasteiger partial charge on any atom is -0.467 e. The molecule has 2 heterocycles. The second-order valence-corrected chi connectivity index (χ2v) is 4.99. The highest BCUT2D eigenvalue weighted by Crippen LogP contribution is 2.33. The molecule has 0 saturated carbocycles. The number of hydrogen-bond donors (Lipinski definition) is 1. The van der Waals surface area contributed by atoms with Crippen LogP contribution in [0.5, 0.6) is 0 Å². The Balaban J connectivity index is 2.07. The van der Waals surface area contributed by atoms with Gasteiger partial charge in [0.1, 0.15) is 23.2 Å². The number of nitrogens with one attached hydrogen (secondary N) is 1. The summed E-state index contributed by atoms with van der Waals surface area (Å²) < 4.78 is 46.8. The van der Waals surface area contributed by atoms with Gasteiger partial charge in [-0.25, -0.2) is 13.2 Å². The van der Waals surface area contributed by atoms with Crippen molar-refractivity contribution in [2.75, 3.05) is 26.2 Å². The monoisotopic (exact) mass is 296 g/mol. The molecule has 6 heteroatoms. The number of benzene rings is 1. The van der Waals surface area contributed by atoms with E-state index in [2.05, 4.69) is 5.32 Å². The third-order valence-electron chi connectivity index (χ3n) is 3.65. The summed E-state index contributed by atoms with van der Waals surface area (Å²) in [6.07, 6.45) is 1.46. The first kappa shape index (κ1) is 14.2. The maximum atomic E-state index is 14.1. The van der Waals surface area contributed by atoms with Crippen LogP contribution >= 0.6 is 0 Å². The van der Waals surface area contributed by atoms with Gasteiger partial charge in [-0.1, -0.05) is 0 Å². The Bertz CT molecular complexity index is 586. The molecule has 2 aromatic rings. The van der Waals surface area contributed by atoms with Crippen molar-refractivity contribution in [2.24, 2.45) is 0 Å². The van der Waals surface area contributed by atoms with Gasteiger partial charge < -0.3 is 9.73 Å². The Morgan fingerprint density at radius 2 is 1.76 bits per heavy atom. The third kappa shape index (κ3) is 2.82. The summed E-state index contributed by atoms with van der Waals surface area (Å²) in [5.74, 6) is -2.27. The van der Waals surface area contributed by atoms with Crippen LogP contribution in [0.3, 0.4) is 0 Å². The predicted octanol–water partition coefficient (Wildman–Crippen LogP) is 2.69. The molecular formula is C15H15F3N2O. The molecule has 1 aromatic heterocycles. The standard InChI is InChI=1S/C15H15F3N2O/c16-10-8-11(17)14(12(18)9-10)15(13-2-1-7-21-13)20-5-3-19-4-6-20/h1-2,7-9,15,19H,3-6H2/t15-/m1/s1. The zero-order valence-electron chi connectivity index (χ0n) is 11.3. The summed E-state index contributed by atoms with van der Waals surface area (Å²) in [5.41, 5.74) is -0.173. The van der Waals surface area contributed by atoms with Crippen LogP contribution in [0.15, 0.2) is 34.9 Å². The molecule has 1 saturated heterocycles. The Hall–Kier alpha value is -1.79. The van der Waals surface area contributed by atoms with Gasteiger partial charge in [-0.05, 0) is 12.1 Å². The zero-order valence-corrected chi connectivity index (χ0v) is 11.3. The van der Waals surface area contributed by atoms with Crippen molar-refractivity contribution >= 4 is 0 Å². The molecule has 1 aliphatic heterocycles. The molecular weight excluding hydrogens is 281 g/mol. The van der Waals surface area contributed by atoms with Crippen LogP contribution in [0.2, 0.25) is 0 Å². The summed E-state index contributed by atoms with van der Waals surface area (Å²) in [6.45, 7) is 2.70. The summed E-state index contributed by atoms with van der Waals surface area (Å²) in [6, 6.07) is 4.06. The Morgan fingerprint density at radius 3 is 2.33 bits per heavy atom.